The maximum atomic E-state index is 12.7. The molecule has 24 heavy (non-hydrogen) atoms. The summed E-state index contributed by atoms with van der Waals surface area (Å²) in [4.78, 5) is 48.7. The lowest BCUT2D eigenvalue weighted by atomic mass is 9.69. The molecule has 1 atom stereocenters. The summed E-state index contributed by atoms with van der Waals surface area (Å²) < 4.78 is 10.4. The number of aldehydes is 1. The lowest BCUT2D eigenvalue weighted by Crippen LogP contribution is -2.47. The van der Waals surface area contributed by atoms with Crippen molar-refractivity contribution in [1.82, 2.24) is 0 Å². The van der Waals surface area contributed by atoms with Crippen LogP contribution in [-0.2, 0) is 28.7 Å². The van der Waals surface area contributed by atoms with Crippen molar-refractivity contribution in [3.63, 3.8) is 0 Å². The molecule has 132 valence electrons. The summed E-state index contributed by atoms with van der Waals surface area (Å²) in [6.07, 6.45) is 3.17. The van der Waals surface area contributed by atoms with Crippen LogP contribution in [0.1, 0.15) is 52.4 Å². The molecule has 1 unspecified atom stereocenters. The zero-order chi connectivity index (χ0) is 17.7. The first-order valence-electron chi connectivity index (χ1n) is 8.56. The summed E-state index contributed by atoms with van der Waals surface area (Å²) in [5.74, 6) is -1.77. The lowest BCUT2D eigenvalue weighted by molar-refractivity contribution is -0.175. The highest BCUT2D eigenvalue weighted by Gasteiger charge is 2.61. The van der Waals surface area contributed by atoms with Crippen LogP contribution in [0.3, 0.4) is 0 Å². The van der Waals surface area contributed by atoms with Crippen molar-refractivity contribution in [2.45, 2.75) is 52.4 Å². The van der Waals surface area contributed by atoms with Crippen LogP contribution in [0.4, 0.5) is 0 Å². The molecule has 0 aliphatic heterocycles. The second-order valence-electron chi connectivity index (χ2n) is 6.18. The number of carbonyl (C=O) groups is 4. The van der Waals surface area contributed by atoms with Gasteiger partial charge in [-0.25, -0.2) is 0 Å². The first-order valence-corrected chi connectivity index (χ1v) is 8.56. The van der Waals surface area contributed by atoms with Crippen molar-refractivity contribution in [2.24, 2.45) is 11.3 Å². The van der Waals surface area contributed by atoms with E-state index in [1.165, 1.54) is 0 Å². The molecule has 6 heteroatoms. The number of allylic oxidation sites excluding steroid dienone is 2. The number of hydrogen-bond acceptors (Lipinski definition) is 6. The quantitative estimate of drug-likeness (QED) is 0.402. The van der Waals surface area contributed by atoms with Gasteiger partial charge in [-0.2, -0.15) is 0 Å². The minimum atomic E-state index is -1.48. The van der Waals surface area contributed by atoms with Gasteiger partial charge in [0.25, 0.3) is 0 Å². The van der Waals surface area contributed by atoms with Crippen LogP contribution >= 0.6 is 0 Å². The van der Waals surface area contributed by atoms with Gasteiger partial charge in [-0.15, -0.1) is 0 Å². The van der Waals surface area contributed by atoms with E-state index in [-0.39, 0.29) is 31.8 Å². The van der Waals surface area contributed by atoms with Gasteiger partial charge in [-0.05, 0) is 45.1 Å². The van der Waals surface area contributed by atoms with Gasteiger partial charge < -0.3 is 14.3 Å². The second-order valence-corrected chi connectivity index (χ2v) is 6.18. The molecule has 6 nitrogen and oxygen atoms in total. The zero-order valence-electron chi connectivity index (χ0n) is 14.3. The Hall–Kier alpha value is -1.98. The third-order valence-corrected chi connectivity index (χ3v) is 4.86. The summed E-state index contributed by atoms with van der Waals surface area (Å²) in [5.41, 5.74) is -0.183. The van der Waals surface area contributed by atoms with Gasteiger partial charge in [0.05, 0.1) is 13.2 Å². The first-order chi connectivity index (χ1) is 11.5. The van der Waals surface area contributed by atoms with E-state index in [1.54, 1.807) is 13.8 Å². The van der Waals surface area contributed by atoms with Crippen molar-refractivity contribution in [3.05, 3.63) is 11.1 Å². The SMILES string of the molecule is CCOC(=O)C1(C(=O)OCC)CC(CCC=O)=C2C(=O)CCCC21. The highest BCUT2D eigenvalue weighted by molar-refractivity contribution is 6.07. The molecule has 2 rings (SSSR count). The van der Waals surface area contributed by atoms with Crippen LogP contribution in [0.5, 0.6) is 0 Å². The van der Waals surface area contributed by atoms with Gasteiger partial charge in [0.2, 0.25) is 0 Å². The lowest BCUT2D eigenvalue weighted by Gasteiger charge is -2.34. The smallest absolute Gasteiger partial charge is 0.324 e. The van der Waals surface area contributed by atoms with Gasteiger partial charge in [0, 0.05) is 18.8 Å². The summed E-state index contributed by atoms with van der Waals surface area (Å²) >= 11 is 0. The van der Waals surface area contributed by atoms with E-state index in [0.717, 1.165) is 11.9 Å². The average Bonchev–Trinajstić information content (AvgIpc) is 2.90. The Morgan fingerprint density at radius 1 is 1.21 bits per heavy atom. The minimum absolute atomic E-state index is 0.0254. The van der Waals surface area contributed by atoms with E-state index in [4.69, 9.17) is 9.47 Å². The molecule has 2 aliphatic carbocycles. The second kappa shape index (κ2) is 7.73. The maximum Gasteiger partial charge on any atom is 0.324 e. The van der Waals surface area contributed by atoms with Crippen LogP contribution in [0.2, 0.25) is 0 Å². The van der Waals surface area contributed by atoms with Gasteiger partial charge in [0.15, 0.2) is 11.2 Å². The molecule has 0 spiro atoms. The Morgan fingerprint density at radius 3 is 2.38 bits per heavy atom. The Kier molecular flexibility index (Phi) is 5.91. The highest BCUT2D eigenvalue weighted by atomic mass is 16.6. The van der Waals surface area contributed by atoms with Crippen LogP contribution in [0, 0.1) is 11.3 Å². The van der Waals surface area contributed by atoms with Gasteiger partial charge in [0.1, 0.15) is 6.29 Å². The molecule has 0 aromatic rings. The maximum absolute atomic E-state index is 12.7. The first kappa shape index (κ1) is 18.4. The van der Waals surface area contributed by atoms with Crippen molar-refractivity contribution in [1.29, 1.82) is 0 Å². The Morgan fingerprint density at radius 2 is 1.83 bits per heavy atom. The molecule has 0 amide bonds. The van der Waals surface area contributed by atoms with E-state index in [9.17, 15) is 19.2 Å². The van der Waals surface area contributed by atoms with E-state index >= 15 is 0 Å². The Balaban J connectivity index is 2.48. The molecular weight excluding hydrogens is 312 g/mol. The molecule has 2 aliphatic rings. The number of rotatable bonds is 7. The van der Waals surface area contributed by atoms with Crippen molar-refractivity contribution in [2.75, 3.05) is 13.2 Å². The number of ketones is 1. The number of Topliss-reactive ketones (excluding diaryl/α,β-unsaturated/α-hetero) is 1. The van der Waals surface area contributed by atoms with E-state index in [2.05, 4.69) is 0 Å². The minimum Gasteiger partial charge on any atom is -0.465 e. The molecule has 0 heterocycles. The topological polar surface area (TPSA) is 86.7 Å². The summed E-state index contributed by atoms with van der Waals surface area (Å²) in [5, 5.41) is 0. The normalized spacial score (nSPS) is 22.1. The standard InChI is InChI=1S/C18H24O6/c1-3-23-16(21)18(17(22)24-4-2)11-12(7-6-10-19)15-13(18)8-5-9-14(15)20/h10,13H,3-9,11H2,1-2H3. The fraction of sp³-hybridized carbons (Fsp3) is 0.667. The average molecular weight is 336 g/mol. The molecular formula is C18H24O6. The number of esters is 2. The summed E-state index contributed by atoms with van der Waals surface area (Å²) in [6.45, 7) is 3.66. The van der Waals surface area contributed by atoms with Gasteiger partial charge in [-0.3, -0.25) is 14.4 Å². The van der Waals surface area contributed by atoms with Crippen LogP contribution in [-0.4, -0.2) is 37.2 Å². The fourth-order valence-corrected chi connectivity index (χ4v) is 3.92. The third kappa shape index (κ3) is 3.01. The van der Waals surface area contributed by atoms with E-state index in [0.29, 0.717) is 31.3 Å². The predicted octanol–water partition coefficient (Wildman–Crippen LogP) is 2.15. The van der Waals surface area contributed by atoms with Gasteiger partial charge >= 0.3 is 11.9 Å². The molecule has 1 saturated carbocycles. The summed E-state index contributed by atoms with van der Waals surface area (Å²) in [6, 6.07) is 0. The van der Waals surface area contributed by atoms with Crippen LogP contribution < -0.4 is 0 Å². The molecule has 0 radical (unpaired) electrons. The Bertz CT molecular complexity index is 556. The number of ether oxygens (including phenoxy) is 2. The van der Waals surface area contributed by atoms with Gasteiger partial charge in [-0.1, -0.05) is 5.57 Å². The molecule has 0 N–H and O–H groups in total. The number of carbonyl (C=O) groups excluding carboxylic acids is 4. The highest BCUT2D eigenvalue weighted by Crippen LogP contribution is 2.54. The largest absolute Gasteiger partial charge is 0.465 e. The van der Waals surface area contributed by atoms with Crippen LogP contribution in [0.15, 0.2) is 11.1 Å². The predicted molar refractivity (Wildman–Crippen MR) is 85.0 cm³/mol. The molecule has 1 fully saturated rings. The fourth-order valence-electron chi connectivity index (χ4n) is 3.92. The van der Waals surface area contributed by atoms with Crippen molar-refractivity contribution >= 4 is 24.0 Å². The zero-order valence-corrected chi connectivity index (χ0v) is 14.3. The number of hydrogen-bond donors (Lipinski definition) is 0. The Labute approximate surface area is 141 Å². The van der Waals surface area contributed by atoms with Crippen molar-refractivity contribution in [3.8, 4) is 0 Å². The molecule has 0 aromatic heterocycles. The van der Waals surface area contributed by atoms with E-state index < -0.39 is 23.3 Å². The monoisotopic (exact) mass is 336 g/mol. The van der Waals surface area contributed by atoms with Crippen LogP contribution in [0.25, 0.3) is 0 Å². The molecule has 0 aromatic carbocycles. The molecule has 0 saturated heterocycles. The third-order valence-electron chi connectivity index (χ3n) is 4.86. The summed E-state index contributed by atoms with van der Waals surface area (Å²) in [7, 11) is 0. The number of fused-ring (bicyclic) bond motifs is 1. The van der Waals surface area contributed by atoms with E-state index in [1.807, 2.05) is 0 Å². The molecule has 0 bridgehead atoms. The van der Waals surface area contributed by atoms with Crippen molar-refractivity contribution < 1.29 is 28.7 Å².